The summed E-state index contributed by atoms with van der Waals surface area (Å²) < 4.78 is 0. The lowest BCUT2D eigenvalue weighted by molar-refractivity contribution is 0.0572. The molecule has 1 saturated heterocycles. The topological polar surface area (TPSA) is 69.7 Å². The number of aliphatic hydroxyl groups is 2. The van der Waals surface area contributed by atoms with Gasteiger partial charge in [-0.25, -0.2) is 0 Å². The molecule has 0 amide bonds. The van der Waals surface area contributed by atoms with Crippen molar-refractivity contribution in [3.05, 3.63) is 0 Å². The van der Waals surface area contributed by atoms with Gasteiger partial charge in [0.25, 0.3) is 0 Å². The van der Waals surface area contributed by atoms with Crippen molar-refractivity contribution in [1.82, 2.24) is 4.90 Å². The summed E-state index contributed by atoms with van der Waals surface area (Å²) in [4.78, 5) is 2.62. The predicted octanol–water partition coefficient (Wildman–Crippen LogP) is 0.116. The van der Waals surface area contributed by atoms with Crippen molar-refractivity contribution in [1.29, 1.82) is 0 Å². The summed E-state index contributed by atoms with van der Waals surface area (Å²) in [6.45, 7) is 6.09. The summed E-state index contributed by atoms with van der Waals surface area (Å²) in [7, 11) is 0. The minimum Gasteiger partial charge on any atom is -0.393 e. The highest BCUT2D eigenvalue weighted by molar-refractivity contribution is 7.80. The first-order valence-corrected chi connectivity index (χ1v) is 6.12. The summed E-state index contributed by atoms with van der Waals surface area (Å²) in [5, 5.41) is 18.8. The number of rotatable bonds is 5. The summed E-state index contributed by atoms with van der Waals surface area (Å²) >= 11 is 5.00. The fourth-order valence-corrected chi connectivity index (χ4v) is 2.00. The van der Waals surface area contributed by atoms with Crippen LogP contribution in [0, 0.1) is 5.41 Å². The van der Waals surface area contributed by atoms with Gasteiger partial charge in [-0.15, -0.1) is 0 Å². The maximum atomic E-state index is 9.38. The average Bonchev–Trinajstić information content (AvgIpc) is 2.45. The SMILES string of the molecule is CC(C)(CCCN1CC(O)C(O)C1)C(N)=S. The molecule has 0 aromatic heterocycles. The van der Waals surface area contributed by atoms with Gasteiger partial charge in [-0.2, -0.15) is 0 Å². The number of nitrogens with two attached hydrogens (primary N) is 1. The molecule has 1 aliphatic heterocycles. The number of aliphatic hydroxyl groups excluding tert-OH is 2. The van der Waals surface area contributed by atoms with Gasteiger partial charge >= 0.3 is 0 Å². The zero-order valence-corrected chi connectivity index (χ0v) is 10.8. The van der Waals surface area contributed by atoms with Gasteiger partial charge in [-0.1, -0.05) is 26.1 Å². The molecule has 0 bridgehead atoms. The number of β-amino-alcohol motifs (C(OH)–C–C–N with tert-alkyl or cyclic N) is 2. The van der Waals surface area contributed by atoms with Crippen molar-refractivity contribution in [2.24, 2.45) is 11.1 Å². The smallest absolute Gasteiger partial charge is 0.0938 e. The predicted molar refractivity (Wildman–Crippen MR) is 68.3 cm³/mol. The molecule has 1 aliphatic rings. The molecule has 1 heterocycles. The molecule has 4 N–H and O–H groups in total. The summed E-state index contributed by atoms with van der Waals surface area (Å²) in [5.41, 5.74) is 5.54. The number of hydrogen-bond acceptors (Lipinski definition) is 4. The van der Waals surface area contributed by atoms with E-state index in [2.05, 4.69) is 4.90 Å². The van der Waals surface area contributed by atoms with Crippen LogP contribution in [-0.4, -0.2) is 51.9 Å². The Labute approximate surface area is 102 Å². The van der Waals surface area contributed by atoms with Crippen LogP contribution >= 0.6 is 12.2 Å². The van der Waals surface area contributed by atoms with E-state index in [-0.39, 0.29) is 5.41 Å². The van der Waals surface area contributed by atoms with Crippen molar-refractivity contribution in [2.45, 2.75) is 38.9 Å². The third kappa shape index (κ3) is 3.66. The quantitative estimate of drug-likeness (QED) is 0.601. The number of thiocarbonyl (C=S) groups is 1. The Hall–Kier alpha value is -0.230. The van der Waals surface area contributed by atoms with E-state index in [0.29, 0.717) is 18.1 Å². The molecule has 2 unspecified atom stereocenters. The molecule has 1 fully saturated rings. The summed E-state index contributed by atoms with van der Waals surface area (Å²) in [5.74, 6) is 0. The maximum Gasteiger partial charge on any atom is 0.0938 e. The highest BCUT2D eigenvalue weighted by Gasteiger charge is 2.29. The number of hydrogen-bond donors (Lipinski definition) is 3. The van der Waals surface area contributed by atoms with Crippen molar-refractivity contribution in [3.63, 3.8) is 0 Å². The second-order valence-corrected chi connectivity index (χ2v) is 5.69. The van der Waals surface area contributed by atoms with Gasteiger partial charge in [0.1, 0.15) is 0 Å². The first-order chi connectivity index (χ1) is 7.33. The van der Waals surface area contributed by atoms with Crippen LogP contribution in [0.4, 0.5) is 0 Å². The molecule has 0 aromatic carbocycles. The van der Waals surface area contributed by atoms with Gasteiger partial charge < -0.3 is 15.9 Å². The largest absolute Gasteiger partial charge is 0.393 e. The van der Waals surface area contributed by atoms with E-state index in [1.54, 1.807) is 0 Å². The second kappa shape index (κ2) is 5.40. The normalized spacial score (nSPS) is 27.2. The Balaban J connectivity index is 2.24. The molecule has 16 heavy (non-hydrogen) atoms. The van der Waals surface area contributed by atoms with Crippen molar-refractivity contribution < 1.29 is 10.2 Å². The lowest BCUT2D eigenvalue weighted by atomic mass is 9.88. The Morgan fingerprint density at radius 1 is 1.38 bits per heavy atom. The van der Waals surface area contributed by atoms with E-state index < -0.39 is 12.2 Å². The molecule has 0 spiro atoms. The van der Waals surface area contributed by atoms with E-state index in [9.17, 15) is 10.2 Å². The van der Waals surface area contributed by atoms with Crippen LogP contribution in [0.15, 0.2) is 0 Å². The van der Waals surface area contributed by atoms with Crippen LogP contribution < -0.4 is 5.73 Å². The molecule has 1 rings (SSSR count). The van der Waals surface area contributed by atoms with Gasteiger partial charge in [0, 0.05) is 18.5 Å². The van der Waals surface area contributed by atoms with Crippen LogP contribution in [0.2, 0.25) is 0 Å². The molecule has 0 radical (unpaired) electrons. The van der Waals surface area contributed by atoms with Gasteiger partial charge in [0.2, 0.25) is 0 Å². The third-order valence-corrected chi connectivity index (χ3v) is 3.83. The Morgan fingerprint density at radius 2 is 1.88 bits per heavy atom. The Bertz CT molecular complexity index is 248. The monoisotopic (exact) mass is 246 g/mol. The number of nitrogens with zero attached hydrogens (tertiary/aromatic N) is 1. The number of likely N-dealkylation sites (tertiary alicyclic amines) is 1. The maximum absolute atomic E-state index is 9.38. The Kier molecular flexibility index (Phi) is 4.67. The van der Waals surface area contributed by atoms with E-state index in [0.717, 1.165) is 19.4 Å². The molecule has 94 valence electrons. The van der Waals surface area contributed by atoms with Gasteiger partial charge in [-0.05, 0) is 19.4 Å². The molecule has 4 nitrogen and oxygen atoms in total. The van der Waals surface area contributed by atoms with E-state index >= 15 is 0 Å². The molecule has 2 atom stereocenters. The molecule has 0 saturated carbocycles. The van der Waals surface area contributed by atoms with Gasteiger partial charge in [-0.3, -0.25) is 4.90 Å². The van der Waals surface area contributed by atoms with Crippen molar-refractivity contribution in [2.75, 3.05) is 19.6 Å². The van der Waals surface area contributed by atoms with Crippen LogP contribution in [0.1, 0.15) is 26.7 Å². The van der Waals surface area contributed by atoms with Crippen LogP contribution in [-0.2, 0) is 0 Å². The molecular formula is C11H22N2O2S. The average molecular weight is 246 g/mol. The summed E-state index contributed by atoms with van der Waals surface area (Å²) in [6.07, 6.45) is 0.724. The van der Waals surface area contributed by atoms with E-state index in [4.69, 9.17) is 18.0 Å². The van der Waals surface area contributed by atoms with Gasteiger partial charge in [0.15, 0.2) is 0 Å². The van der Waals surface area contributed by atoms with Crippen LogP contribution in [0.5, 0.6) is 0 Å². The van der Waals surface area contributed by atoms with Crippen molar-refractivity contribution in [3.8, 4) is 0 Å². The fourth-order valence-electron chi connectivity index (χ4n) is 1.90. The summed E-state index contributed by atoms with van der Waals surface area (Å²) in [6, 6.07) is 0. The zero-order chi connectivity index (χ0) is 12.3. The van der Waals surface area contributed by atoms with E-state index in [1.807, 2.05) is 13.8 Å². The molecule has 0 aromatic rings. The van der Waals surface area contributed by atoms with Crippen LogP contribution in [0.25, 0.3) is 0 Å². The van der Waals surface area contributed by atoms with Gasteiger partial charge in [0.05, 0.1) is 17.2 Å². The molecule has 0 aliphatic carbocycles. The second-order valence-electron chi connectivity index (χ2n) is 5.25. The zero-order valence-electron chi connectivity index (χ0n) is 10.0. The molecular weight excluding hydrogens is 224 g/mol. The first kappa shape index (κ1) is 13.8. The van der Waals surface area contributed by atoms with Crippen LogP contribution in [0.3, 0.4) is 0 Å². The fraction of sp³-hybridized carbons (Fsp3) is 0.909. The first-order valence-electron chi connectivity index (χ1n) is 5.71. The lowest BCUT2D eigenvalue weighted by Gasteiger charge is -2.24. The molecule has 5 heteroatoms. The van der Waals surface area contributed by atoms with Crippen molar-refractivity contribution >= 4 is 17.2 Å². The minimum absolute atomic E-state index is 0.105. The highest BCUT2D eigenvalue weighted by atomic mass is 32.1. The Morgan fingerprint density at radius 3 is 2.31 bits per heavy atom. The standard InChI is InChI=1S/C11H22N2O2S/c1-11(2,10(12)16)4-3-5-13-6-8(14)9(15)7-13/h8-9,14-15H,3-7H2,1-2H3,(H2,12,16). The lowest BCUT2D eigenvalue weighted by Crippen LogP contribution is -2.31. The third-order valence-electron chi connectivity index (χ3n) is 3.28. The minimum atomic E-state index is -0.594. The van der Waals surface area contributed by atoms with E-state index in [1.165, 1.54) is 0 Å². The highest BCUT2D eigenvalue weighted by Crippen LogP contribution is 2.23.